The lowest BCUT2D eigenvalue weighted by Crippen LogP contribution is -2.05. The largest absolute Gasteiger partial charge is 0.316 e. The van der Waals surface area contributed by atoms with E-state index in [1.165, 1.54) is 0 Å². The highest BCUT2D eigenvalue weighted by Crippen LogP contribution is 2.24. The summed E-state index contributed by atoms with van der Waals surface area (Å²) in [4.78, 5) is 0. The number of hydrogen-bond donors (Lipinski definition) is 1. The van der Waals surface area contributed by atoms with Crippen molar-refractivity contribution in [1.82, 2.24) is 5.32 Å². The monoisotopic (exact) mass is 229 g/mol. The van der Waals surface area contributed by atoms with Crippen molar-refractivity contribution < 1.29 is 4.39 Å². The lowest BCUT2D eigenvalue weighted by molar-refractivity contribution is 0.627. The Labute approximate surface area is 101 Å². The van der Waals surface area contributed by atoms with Crippen molar-refractivity contribution in [1.29, 1.82) is 0 Å². The van der Waals surface area contributed by atoms with Gasteiger partial charge in [0.25, 0.3) is 0 Å². The molecule has 17 heavy (non-hydrogen) atoms. The Bertz CT molecular complexity index is 520. The maximum absolute atomic E-state index is 14.0. The Morgan fingerprint density at radius 1 is 1.12 bits per heavy atom. The summed E-state index contributed by atoms with van der Waals surface area (Å²) in [6.07, 6.45) is 0. The fourth-order valence-electron chi connectivity index (χ4n) is 1.92. The molecule has 0 heterocycles. The van der Waals surface area contributed by atoms with E-state index in [2.05, 4.69) is 5.32 Å². The molecule has 0 aliphatic carbocycles. The number of benzene rings is 2. The fourth-order valence-corrected chi connectivity index (χ4v) is 1.92. The van der Waals surface area contributed by atoms with Gasteiger partial charge in [0.1, 0.15) is 5.82 Å². The molecule has 2 heteroatoms. The molecular formula is C15H16FN. The molecular weight excluding hydrogens is 213 g/mol. The van der Waals surface area contributed by atoms with Crippen molar-refractivity contribution >= 4 is 0 Å². The van der Waals surface area contributed by atoms with E-state index in [9.17, 15) is 4.39 Å². The molecule has 0 fully saturated rings. The molecule has 0 atom stereocenters. The van der Waals surface area contributed by atoms with Gasteiger partial charge in [-0.3, -0.25) is 0 Å². The second kappa shape index (κ2) is 5.11. The predicted molar refractivity (Wildman–Crippen MR) is 69.3 cm³/mol. The first-order valence-electron chi connectivity index (χ1n) is 5.71. The Hall–Kier alpha value is -1.67. The number of aryl methyl sites for hydroxylation is 1. The molecule has 1 N–H and O–H groups in total. The topological polar surface area (TPSA) is 12.0 Å². The van der Waals surface area contributed by atoms with Gasteiger partial charge < -0.3 is 5.32 Å². The van der Waals surface area contributed by atoms with E-state index in [4.69, 9.17) is 0 Å². The molecule has 0 aliphatic rings. The van der Waals surface area contributed by atoms with E-state index >= 15 is 0 Å². The summed E-state index contributed by atoms with van der Waals surface area (Å²) >= 11 is 0. The maximum Gasteiger partial charge on any atom is 0.131 e. The van der Waals surface area contributed by atoms with E-state index in [1.807, 2.05) is 50.4 Å². The average molecular weight is 229 g/mol. The van der Waals surface area contributed by atoms with Gasteiger partial charge in [-0.1, -0.05) is 42.0 Å². The van der Waals surface area contributed by atoms with E-state index in [0.717, 1.165) is 16.7 Å². The van der Waals surface area contributed by atoms with E-state index in [1.54, 1.807) is 6.07 Å². The predicted octanol–water partition coefficient (Wildman–Crippen LogP) is 3.52. The van der Waals surface area contributed by atoms with Crippen LogP contribution in [0.4, 0.5) is 4.39 Å². The molecule has 0 amide bonds. The van der Waals surface area contributed by atoms with Crippen LogP contribution in [0, 0.1) is 12.7 Å². The van der Waals surface area contributed by atoms with Crippen molar-refractivity contribution in [3.63, 3.8) is 0 Å². The van der Waals surface area contributed by atoms with Crippen molar-refractivity contribution in [2.75, 3.05) is 7.05 Å². The van der Waals surface area contributed by atoms with Crippen LogP contribution < -0.4 is 5.32 Å². The van der Waals surface area contributed by atoms with Gasteiger partial charge in [0, 0.05) is 12.1 Å². The van der Waals surface area contributed by atoms with Crippen molar-refractivity contribution in [2.24, 2.45) is 0 Å². The summed E-state index contributed by atoms with van der Waals surface area (Å²) in [5.41, 5.74) is 3.69. The molecule has 1 nitrogen and oxygen atoms in total. The highest BCUT2D eigenvalue weighted by Gasteiger charge is 2.05. The van der Waals surface area contributed by atoms with Crippen LogP contribution in [0.2, 0.25) is 0 Å². The van der Waals surface area contributed by atoms with Crippen LogP contribution in [-0.2, 0) is 6.54 Å². The molecule has 0 radical (unpaired) electrons. The van der Waals surface area contributed by atoms with Crippen molar-refractivity contribution in [3.05, 3.63) is 59.4 Å². The van der Waals surface area contributed by atoms with Gasteiger partial charge in [-0.15, -0.1) is 0 Å². The first-order valence-corrected chi connectivity index (χ1v) is 5.71. The zero-order chi connectivity index (χ0) is 12.3. The van der Waals surface area contributed by atoms with Crippen LogP contribution in [0.3, 0.4) is 0 Å². The third-order valence-corrected chi connectivity index (χ3v) is 2.74. The standard InChI is InChI=1S/C15H16FN/c1-11-4-3-5-13(8-11)14-7-6-12(10-17-2)9-15(14)16/h3-9,17H,10H2,1-2H3. The lowest BCUT2D eigenvalue weighted by atomic mass is 10.0. The SMILES string of the molecule is CNCc1ccc(-c2cccc(C)c2)c(F)c1. The molecule has 2 aromatic rings. The third kappa shape index (κ3) is 2.71. The van der Waals surface area contributed by atoms with Gasteiger partial charge in [0.2, 0.25) is 0 Å². The normalized spacial score (nSPS) is 10.5. The number of hydrogen-bond acceptors (Lipinski definition) is 1. The molecule has 88 valence electrons. The molecule has 2 rings (SSSR count). The smallest absolute Gasteiger partial charge is 0.131 e. The number of rotatable bonds is 3. The van der Waals surface area contributed by atoms with Gasteiger partial charge >= 0.3 is 0 Å². The second-order valence-electron chi connectivity index (χ2n) is 4.21. The quantitative estimate of drug-likeness (QED) is 0.849. The van der Waals surface area contributed by atoms with Gasteiger partial charge in [-0.2, -0.15) is 0 Å². The van der Waals surface area contributed by atoms with Crippen LogP contribution in [-0.4, -0.2) is 7.05 Å². The summed E-state index contributed by atoms with van der Waals surface area (Å²) in [6, 6.07) is 13.3. The Kier molecular flexibility index (Phi) is 3.55. The van der Waals surface area contributed by atoms with Crippen molar-refractivity contribution in [2.45, 2.75) is 13.5 Å². The Balaban J connectivity index is 2.39. The minimum absolute atomic E-state index is 0.164. The summed E-state index contributed by atoms with van der Waals surface area (Å²) in [5, 5.41) is 3.01. The van der Waals surface area contributed by atoms with Gasteiger partial charge in [0.15, 0.2) is 0 Å². The molecule has 0 aromatic heterocycles. The van der Waals surface area contributed by atoms with Crippen LogP contribution in [0.1, 0.15) is 11.1 Å². The van der Waals surface area contributed by atoms with Crippen molar-refractivity contribution in [3.8, 4) is 11.1 Å². The number of nitrogens with one attached hydrogen (secondary N) is 1. The molecule has 0 saturated carbocycles. The molecule has 0 aliphatic heterocycles. The van der Waals surface area contributed by atoms with Crippen LogP contribution in [0.15, 0.2) is 42.5 Å². The summed E-state index contributed by atoms with van der Waals surface area (Å²) in [5.74, 6) is -0.164. The zero-order valence-corrected chi connectivity index (χ0v) is 10.1. The van der Waals surface area contributed by atoms with E-state index < -0.39 is 0 Å². The fraction of sp³-hybridized carbons (Fsp3) is 0.200. The minimum Gasteiger partial charge on any atom is -0.316 e. The molecule has 0 bridgehead atoms. The first-order chi connectivity index (χ1) is 8.20. The summed E-state index contributed by atoms with van der Waals surface area (Å²) in [7, 11) is 1.85. The van der Waals surface area contributed by atoms with Crippen LogP contribution in [0.5, 0.6) is 0 Å². The van der Waals surface area contributed by atoms with Crippen LogP contribution >= 0.6 is 0 Å². The first kappa shape index (κ1) is 11.8. The molecule has 0 spiro atoms. The molecule has 2 aromatic carbocycles. The van der Waals surface area contributed by atoms with Gasteiger partial charge in [0.05, 0.1) is 0 Å². The minimum atomic E-state index is -0.164. The zero-order valence-electron chi connectivity index (χ0n) is 10.1. The second-order valence-corrected chi connectivity index (χ2v) is 4.21. The average Bonchev–Trinajstić information content (AvgIpc) is 2.29. The summed E-state index contributed by atoms with van der Waals surface area (Å²) in [6.45, 7) is 2.70. The molecule has 0 unspecified atom stereocenters. The summed E-state index contributed by atoms with van der Waals surface area (Å²) < 4.78 is 14.0. The Morgan fingerprint density at radius 2 is 1.94 bits per heavy atom. The highest BCUT2D eigenvalue weighted by atomic mass is 19.1. The van der Waals surface area contributed by atoms with Gasteiger partial charge in [-0.05, 0) is 31.2 Å². The molecule has 0 saturated heterocycles. The Morgan fingerprint density at radius 3 is 2.59 bits per heavy atom. The van der Waals surface area contributed by atoms with E-state index in [0.29, 0.717) is 12.1 Å². The highest BCUT2D eigenvalue weighted by molar-refractivity contribution is 5.65. The van der Waals surface area contributed by atoms with E-state index in [-0.39, 0.29) is 5.82 Å². The maximum atomic E-state index is 14.0. The van der Waals surface area contributed by atoms with Gasteiger partial charge in [-0.25, -0.2) is 4.39 Å². The third-order valence-electron chi connectivity index (χ3n) is 2.74. The number of halogens is 1. The van der Waals surface area contributed by atoms with Crippen LogP contribution in [0.25, 0.3) is 11.1 Å². The lowest BCUT2D eigenvalue weighted by Gasteiger charge is -2.07.